The Labute approximate surface area is 238 Å². The van der Waals surface area contributed by atoms with E-state index in [0.29, 0.717) is 36.5 Å². The van der Waals surface area contributed by atoms with Crippen molar-refractivity contribution in [2.24, 2.45) is 11.6 Å². The molecular formula is C29H37F3N8O. The zero-order valence-corrected chi connectivity index (χ0v) is 23.9. The van der Waals surface area contributed by atoms with Crippen molar-refractivity contribution in [3.63, 3.8) is 0 Å². The van der Waals surface area contributed by atoms with E-state index in [4.69, 9.17) is 11.6 Å². The van der Waals surface area contributed by atoms with Crippen LogP contribution in [0, 0.1) is 6.92 Å². The molecular weight excluding hydrogens is 533 g/mol. The van der Waals surface area contributed by atoms with Crippen molar-refractivity contribution in [2.45, 2.75) is 46.8 Å². The molecule has 2 heterocycles. The van der Waals surface area contributed by atoms with Crippen LogP contribution < -0.4 is 27.3 Å². The van der Waals surface area contributed by atoms with Gasteiger partial charge in [0.05, 0.1) is 23.3 Å². The third kappa shape index (κ3) is 7.89. The monoisotopic (exact) mass is 570 g/mol. The highest BCUT2D eigenvalue weighted by molar-refractivity contribution is 6.05. The van der Waals surface area contributed by atoms with Crippen molar-refractivity contribution in [1.82, 2.24) is 20.0 Å². The number of hydrazine groups is 2. The molecule has 0 unspecified atom stereocenters. The van der Waals surface area contributed by atoms with Gasteiger partial charge in [-0.15, -0.1) is 0 Å². The van der Waals surface area contributed by atoms with E-state index in [2.05, 4.69) is 15.7 Å². The molecule has 0 radical (unpaired) electrons. The van der Waals surface area contributed by atoms with Crippen molar-refractivity contribution in [1.29, 1.82) is 0 Å². The van der Waals surface area contributed by atoms with Crippen LogP contribution in [0.15, 0.2) is 78.3 Å². The van der Waals surface area contributed by atoms with Crippen LogP contribution in [0.1, 0.15) is 47.8 Å². The van der Waals surface area contributed by atoms with E-state index >= 15 is 0 Å². The first-order valence-corrected chi connectivity index (χ1v) is 13.2. The molecule has 12 heteroatoms. The lowest BCUT2D eigenvalue weighted by Gasteiger charge is -2.19. The molecule has 0 saturated carbocycles. The Kier molecular flexibility index (Phi) is 10.2. The molecule has 1 aliphatic rings. The molecule has 0 bridgehead atoms. The van der Waals surface area contributed by atoms with Gasteiger partial charge in [-0.05, 0) is 61.7 Å². The predicted octanol–water partition coefficient (Wildman–Crippen LogP) is 4.94. The number of aryl methyl sites for hydroxylation is 3. The maximum atomic E-state index is 13.6. The van der Waals surface area contributed by atoms with Crippen LogP contribution in [0.25, 0.3) is 0 Å². The second-order valence-corrected chi connectivity index (χ2v) is 9.37. The summed E-state index contributed by atoms with van der Waals surface area (Å²) >= 11 is 0. The van der Waals surface area contributed by atoms with Crippen molar-refractivity contribution >= 4 is 17.3 Å². The average molecular weight is 571 g/mol. The summed E-state index contributed by atoms with van der Waals surface area (Å²) in [6.07, 6.45) is 2.26. The predicted molar refractivity (Wildman–Crippen MR) is 155 cm³/mol. The second kappa shape index (κ2) is 13.4. The van der Waals surface area contributed by atoms with Crippen LogP contribution in [-0.2, 0) is 19.1 Å². The van der Waals surface area contributed by atoms with Gasteiger partial charge in [-0.3, -0.25) is 9.80 Å². The lowest BCUT2D eigenvalue weighted by Crippen LogP contribution is -2.28. The van der Waals surface area contributed by atoms with Gasteiger partial charge < -0.3 is 20.6 Å². The number of nitrogens with zero attached hydrogens (tertiary/aromatic N) is 4. The molecule has 0 spiro atoms. The number of allylic oxidation sites excluding steroid dienone is 1. The lowest BCUT2D eigenvalue weighted by atomic mass is 10.1. The topological polar surface area (TPSA) is 117 Å². The van der Waals surface area contributed by atoms with Gasteiger partial charge in [0.1, 0.15) is 0 Å². The van der Waals surface area contributed by atoms with E-state index in [9.17, 15) is 18.0 Å². The summed E-state index contributed by atoms with van der Waals surface area (Å²) in [4.78, 5) is 17.0. The highest BCUT2D eigenvalue weighted by Crippen LogP contribution is 2.32. The van der Waals surface area contributed by atoms with Gasteiger partial charge >= 0.3 is 6.18 Å². The van der Waals surface area contributed by atoms with Gasteiger partial charge in [0.2, 0.25) is 0 Å². The first kappa shape index (κ1) is 31.2. The fraction of sp³-hybridized carbons (Fsp3) is 0.310. The van der Waals surface area contributed by atoms with E-state index < -0.39 is 17.6 Å². The number of hydrogen-bond donors (Lipinski definition) is 4. The molecule has 1 aromatic heterocycles. The number of anilines is 2. The molecule has 0 fully saturated rings. The third-order valence-electron chi connectivity index (χ3n) is 6.60. The normalized spacial score (nSPS) is 13.7. The molecule has 4 rings (SSSR count). The second-order valence-electron chi connectivity index (χ2n) is 9.37. The van der Waals surface area contributed by atoms with E-state index in [0.717, 1.165) is 29.0 Å². The first-order valence-electron chi connectivity index (χ1n) is 13.2. The van der Waals surface area contributed by atoms with Crippen LogP contribution >= 0.6 is 0 Å². The maximum Gasteiger partial charge on any atom is 0.416 e. The van der Waals surface area contributed by atoms with E-state index in [1.54, 1.807) is 53.8 Å². The molecule has 2 aromatic carbocycles. The lowest BCUT2D eigenvalue weighted by molar-refractivity contribution is -0.137. The van der Waals surface area contributed by atoms with E-state index in [-0.39, 0.29) is 11.3 Å². The van der Waals surface area contributed by atoms with Crippen LogP contribution in [0.3, 0.4) is 0 Å². The smallest absolute Gasteiger partial charge is 0.397 e. The van der Waals surface area contributed by atoms with Crippen LogP contribution in [0.2, 0.25) is 0 Å². The quantitative estimate of drug-likeness (QED) is 0.224. The van der Waals surface area contributed by atoms with Gasteiger partial charge in [0.15, 0.2) is 0 Å². The van der Waals surface area contributed by atoms with Gasteiger partial charge in [0.25, 0.3) is 5.91 Å². The summed E-state index contributed by atoms with van der Waals surface area (Å²) in [5.41, 5.74) is 12.9. The number of alkyl halides is 3. The summed E-state index contributed by atoms with van der Waals surface area (Å²) < 4.78 is 42.6. The van der Waals surface area contributed by atoms with Crippen molar-refractivity contribution in [3.05, 3.63) is 101 Å². The minimum absolute atomic E-state index is 0.0478. The Hall–Kier alpha value is -4.29. The van der Waals surface area contributed by atoms with Crippen LogP contribution in [0.4, 0.5) is 24.5 Å². The summed E-state index contributed by atoms with van der Waals surface area (Å²) in [7, 11) is 1.88. The SMILES string of the molecule is CC.CC1=C(/C(N)=C/N(N)c2cc(C(=O)Nc3cc(CCn4ccnc4)cc(C(F)(F)F)c3)ccc2C)CNN1C. The minimum atomic E-state index is -4.56. The number of halogens is 3. The molecule has 0 saturated heterocycles. The zero-order valence-electron chi connectivity index (χ0n) is 23.9. The van der Waals surface area contributed by atoms with Crippen molar-refractivity contribution < 1.29 is 18.0 Å². The number of benzene rings is 2. The summed E-state index contributed by atoms with van der Waals surface area (Å²) in [5, 5.41) is 5.80. The Morgan fingerprint density at radius 1 is 1.20 bits per heavy atom. The third-order valence-corrected chi connectivity index (χ3v) is 6.60. The first-order chi connectivity index (χ1) is 19.4. The molecule has 0 aliphatic carbocycles. The number of imidazole rings is 1. The van der Waals surface area contributed by atoms with Gasteiger partial charge in [0, 0.05) is 61.3 Å². The Morgan fingerprint density at radius 2 is 1.93 bits per heavy atom. The molecule has 6 N–H and O–H groups in total. The van der Waals surface area contributed by atoms with Crippen molar-refractivity contribution in [3.8, 4) is 0 Å². The fourth-order valence-electron chi connectivity index (χ4n) is 4.24. The van der Waals surface area contributed by atoms with Crippen molar-refractivity contribution in [2.75, 3.05) is 23.9 Å². The average Bonchev–Trinajstić information content (AvgIpc) is 3.58. The van der Waals surface area contributed by atoms with Crippen LogP contribution in [0.5, 0.6) is 0 Å². The van der Waals surface area contributed by atoms with Gasteiger partial charge in [-0.1, -0.05) is 19.9 Å². The maximum absolute atomic E-state index is 13.6. The van der Waals surface area contributed by atoms with E-state index in [1.165, 1.54) is 5.01 Å². The largest absolute Gasteiger partial charge is 0.416 e. The molecule has 1 aliphatic heterocycles. The number of carbonyl (C=O) groups excluding carboxylic acids is 1. The molecule has 220 valence electrons. The molecule has 3 aromatic rings. The number of carbonyl (C=O) groups is 1. The standard InChI is InChI=1S/C27H31F3N8O.C2H6/c1-17-4-5-20(12-25(17)38(32)15-24(31)23-14-34-36(3)18(23)2)26(39)35-22-11-19(6-8-37-9-7-33-16-37)10-21(13-22)27(28,29)30;1-2/h4-5,7,9-13,15-16,34H,6,8,14,31-32H2,1-3H3,(H,35,39);1-2H3/b24-15-;. The number of nitrogens with two attached hydrogens (primary N) is 2. The summed E-state index contributed by atoms with van der Waals surface area (Å²) in [5.74, 6) is 5.72. The Morgan fingerprint density at radius 3 is 2.54 bits per heavy atom. The summed E-state index contributed by atoms with van der Waals surface area (Å²) in [6, 6.07) is 8.43. The van der Waals surface area contributed by atoms with Gasteiger partial charge in [-0.25, -0.2) is 16.3 Å². The number of rotatable bonds is 8. The fourth-order valence-corrected chi connectivity index (χ4v) is 4.24. The number of amides is 1. The minimum Gasteiger partial charge on any atom is -0.397 e. The molecule has 0 atom stereocenters. The molecule has 9 nitrogen and oxygen atoms in total. The van der Waals surface area contributed by atoms with E-state index in [1.807, 2.05) is 39.8 Å². The Bertz CT molecular complexity index is 1410. The highest BCUT2D eigenvalue weighted by atomic mass is 19.4. The van der Waals surface area contributed by atoms with Gasteiger partial charge in [-0.2, -0.15) is 13.2 Å². The molecule has 1 amide bonds. The Balaban J connectivity index is 0.00000226. The molecule has 41 heavy (non-hydrogen) atoms. The highest BCUT2D eigenvalue weighted by Gasteiger charge is 2.31. The number of nitrogens with one attached hydrogen (secondary N) is 2. The number of hydrogen-bond acceptors (Lipinski definition) is 7. The number of aromatic nitrogens is 2. The summed E-state index contributed by atoms with van der Waals surface area (Å²) in [6.45, 7) is 8.77. The van der Waals surface area contributed by atoms with Crippen LogP contribution in [-0.4, -0.2) is 34.1 Å². The zero-order chi connectivity index (χ0) is 30.3.